The molecule has 0 aliphatic heterocycles. The lowest BCUT2D eigenvalue weighted by Crippen LogP contribution is -2.13. The van der Waals surface area contributed by atoms with Crippen LogP contribution < -0.4 is 4.90 Å². The van der Waals surface area contributed by atoms with Crippen LogP contribution in [0.3, 0.4) is 0 Å². The number of para-hydroxylation sites is 1. The van der Waals surface area contributed by atoms with Crippen LogP contribution in [0.25, 0.3) is 21.9 Å². The molecule has 0 radical (unpaired) electrons. The summed E-state index contributed by atoms with van der Waals surface area (Å²) in [6.45, 7) is 6.63. The van der Waals surface area contributed by atoms with E-state index in [4.69, 9.17) is 27.6 Å². The highest BCUT2D eigenvalue weighted by atomic mass is 79.9. The van der Waals surface area contributed by atoms with Crippen LogP contribution in [0.4, 0.5) is 17.1 Å². The Morgan fingerprint density at radius 3 is 2.15 bits per heavy atom. The molecule has 4 aromatic carbocycles. The summed E-state index contributed by atoms with van der Waals surface area (Å²) >= 11 is 16.8. The molecular weight excluding hydrogens is 517 g/mol. The topological polar surface area (TPSA) is 16.4 Å². The van der Waals surface area contributed by atoms with Crippen molar-refractivity contribution in [3.05, 3.63) is 98.9 Å². The molecule has 0 spiro atoms. The average molecular weight is 539 g/mol. The molecule has 0 bridgehead atoms. The first-order valence-corrected chi connectivity index (χ1v) is 12.2. The van der Waals surface area contributed by atoms with Gasteiger partial charge in [-0.05, 0) is 69.4 Å². The Morgan fingerprint density at radius 1 is 0.758 bits per heavy atom. The average Bonchev–Trinajstić information content (AvgIpc) is 3.15. The predicted octanol–water partition coefficient (Wildman–Crippen LogP) is 10.4. The molecule has 0 fully saturated rings. The SMILES string of the molecule is CC(C)(C)c1ccc(N(c2ccc3c(c2)oc2ccccc23)c2cc(Cl)cc(Br)c2Cl)cc1. The Hall–Kier alpha value is -2.46. The third-order valence-electron chi connectivity index (χ3n) is 5.83. The van der Waals surface area contributed by atoms with Gasteiger partial charge in [0.05, 0.1) is 10.7 Å². The number of hydrogen-bond donors (Lipinski definition) is 0. The number of hydrogen-bond acceptors (Lipinski definition) is 2. The molecule has 1 heterocycles. The Balaban J connectivity index is 1.73. The van der Waals surface area contributed by atoms with Gasteiger partial charge in [0, 0.05) is 37.7 Å². The molecule has 0 saturated carbocycles. The smallest absolute Gasteiger partial charge is 0.137 e. The van der Waals surface area contributed by atoms with Crippen molar-refractivity contribution in [2.75, 3.05) is 4.90 Å². The molecule has 2 nitrogen and oxygen atoms in total. The van der Waals surface area contributed by atoms with Crippen LogP contribution in [0.5, 0.6) is 0 Å². The van der Waals surface area contributed by atoms with E-state index >= 15 is 0 Å². The highest BCUT2D eigenvalue weighted by Gasteiger charge is 2.21. The fourth-order valence-electron chi connectivity index (χ4n) is 4.10. The van der Waals surface area contributed by atoms with Crippen LogP contribution in [0, 0.1) is 0 Å². The molecule has 0 aliphatic carbocycles. The van der Waals surface area contributed by atoms with E-state index in [1.807, 2.05) is 24.3 Å². The largest absolute Gasteiger partial charge is 0.456 e. The molecule has 0 aliphatic rings. The lowest BCUT2D eigenvalue weighted by atomic mass is 9.87. The standard InChI is InChI=1S/C28H22BrCl2NO/c1-28(2,3)17-8-10-19(11-9-17)32(24-15-18(30)14-23(29)27(24)31)20-12-13-22-21-6-4-5-7-25(21)33-26(22)16-20/h4-16H,1-3H3. The summed E-state index contributed by atoms with van der Waals surface area (Å²) in [4.78, 5) is 2.11. The summed E-state index contributed by atoms with van der Waals surface area (Å²) in [6.07, 6.45) is 0. The second kappa shape index (κ2) is 8.39. The van der Waals surface area contributed by atoms with Crippen molar-refractivity contribution in [3.8, 4) is 0 Å². The minimum absolute atomic E-state index is 0.0628. The molecule has 0 atom stereocenters. The zero-order valence-electron chi connectivity index (χ0n) is 18.5. The van der Waals surface area contributed by atoms with E-state index in [1.54, 1.807) is 6.07 Å². The van der Waals surface area contributed by atoms with Gasteiger partial charge in [0.2, 0.25) is 0 Å². The van der Waals surface area contributed by atoms with Crippen molar-refractivity contribution in [1.29, 1.82) is 0 Å². The first-order chi connectivity index (χ1) is 15.7. The van der Waals surface area contributed by atoms with Gasteiger partial charge in [0.25, 0.3) is 0 Å². The fourth-order valence-corrected chi connectivity index (χ4v) is 5.08. The molecule has 33 heavy (non-hydrogen) atoms. The number of rotatable bonds is 3. The van der Waals surface area contributed by atoms with E-state index in [-0.39, 0.29) is 5.41 Å². The van der Waals surface area contributed by atoms with Gasteiger partial charge in [0.15, 0.2) is 0 Å². The van der Waals surface area contributed by atoms with E-state index in [9.17, 15) is 0 Å². The van der Waals surface area contributed by atoms with Gasteiger partial charge >= 0.3 is 0 Å². The van der Waals surface area contributed by atoms with Gasteiger partial charge in [-0.25, -0.2) is 0 Å². The number of nitrogens with zero attached hydrogens (tertiary/aromatic N) is 1. The highest BCUT2D eigenvalue weighted by molar-refractivity contribution is 9.10. The molecule has 5 rings (SSSR count). The lowest BCUT2D eigenvalue weighted by Gasteiger charge is -2.28. The molecule has 0 N–H and O–H groups in total. The van der Waals surface area contributed by atoms with Crippen LogP contribution in [0.15, 0.2) is 87.8 Å². The van der Waals surface area contributed by atoms with Crippen molar-refractivity contribution in [2.45, 2.75) is 26.2 Å². The van der Waals surface area contributed by atoms with Gasteiger partial charge in [-0.1, -0.05) is 74.3 Å². The van der Waals surface area contributed by atoms with E-state index in [0.717, 1.165) is 43.5 Å². The normalized spacial score (nSPS) is 11.9. The summed E-state index contributed by atoms with van der Waals surface area (Å²) in [5.74, 6) is 0. The maximum absolute atomic E-state index is 6.78. The number of anilines is 3. The Morgan fingerprint density at radius 2 is 1.42 bits per heavy atom. The first kappa shape index (κ1) is 22.3. The minimum Gasteiger partial charge on any atom is -0.456 e. The quantitative estimate of drug-likeness (QED) is 0.212. The third kappa shape index (κ3) is 4.14. The van der Waals surface area contributed by atoms with Gasteiger partial charge in [-0.3, -0.25) is 0 Å². The molecular formula is C28H22BrCl2NO. The number of fused-ring (bicyclic) bond motifs is 3. The zero-order chi connectivity index (χ0) is 23.3. The number of halogens is 3. The van der Waals surface area contributed by atoms with E-state index in [1.165, 1.54) is 5.56 Å². The van der Waals surface area contributed by atoms with Crippen molar-refractivity contribution >= 4 is 78.1 Å². The van der Waals surface area contributed by atoms with E-state index in [0.29, 0.717) is 10.0 Å². The molecule has 0 saturated heterocycles. The zero-order valence-corrected chi connectivity index (χ0v) is 21.6. The monoisotopic (exact) mass is 537 g/mol. The summed E-state index contributed by atoms with van der Waals surface area (Å²) in [7, 11) is 0. The summed E-state index contributed by atoms with van der Waals surface area (Å²) in [5.41, 5.74) is 5.72. The van der Waals surface area contributed by atoms with Gasteiger partial charge in [0.1, 0.15) is 11.2 Å². The molecule has 0 unspecified atom stereocenters. The maximum atomic E-state index is 6.78. The molecule has 1 aromatic heterocycles. The summed E-state index contributed by atoms with van der Waals surface area (Å²) in [5, 5.41) is 3.37. The van der Waals surface area contributed by atoms with Crippen LogP contribution in [0.1, 0.15) is 26.3 Å². The summed E-state index contributed by atoms with van der Waals surface area (Å²) < 4.78 is 6.90. The summed E-state index contributed by atoms with van der Waals surface area (Å²) in [6, 6.07) is 26.6. The van der Waals surface area contributed by atoms with Crippen molar-refractivity contribution in [1.82, 2.24) is 0 Å². The second-order valence-corrected chi connectivity index (χ2v) is 10.8. The third-order valence-corrected chi connectivity index (χ3v) is 7.30. The molecule has 5 aromatic rings. The van der Waals surface area contributed by atoms with Crippen LogP contribution in [0.2, 0.25) is 10.0 Å². The van der Waals surface area contributed by atoms with Crippen LogP contribution >= 0.6 is 39.1 Å². The van der Waals surface area contributed by atoms with Crippen LogP contribution in [-0.4, -0.2) is 0 Å². The van der Waals surface area contributed by atoms with Gasteiger partial charge in [-0.2, -0.15) is 0 Å². The molecule has 0 amide bonds. The van der Waals surface area contributed by atoms with Crippen molar-refractivity contribution < 1.29 is 4.42 Å². The Labute approximate surface area is 211 Å². The predicted molar refractivity (Wildman–Crippen MR) is 145 cm³/mol. The number of benzene rings is 4. The van der Waals surface area contributed by atoms with Crippen LogP contribution in [-0.2, 0) is 5.41 Å². The molecule has 166 valence electrons. The number of furan rings is 1. The van der Waals surface area contributed by atoms with Crippen molar-refractivity contribution in [3.63, 3.8) is 0 Å². The Bertz CT molecular complexity index is 1480. The van der Waals surface area contributed by atoms with Gasteiger partial charge in [-0.15, -0.1) is 0 Å². The minimum atomic E-state index is 0.0628. The second-order valence-electron chi connectivity index (χ2n) is 9.13. The molecule has 5 heteroatoms. The van der Waals surface area contributed by atoms with Gasteiger partial charge < -0.3 is 9.32 Å². The highest BCUT2D eigenvalue weighted by Crippen LogP contribution is 2.44. The van der Waals surface area contributed by atoms with Crippen molar-refractivity contribution in [2.24, 2.45) is 0 Å². The maximum Gasteiger partial charge on any atom is 0.137 e. The Kier molecular flexibility index (Phi) is 5.68. The van der Waals surface area contributed by atoms with E-state index in [2.05, 4.69) is 90.1 Å². The lowest BCUT2D eigenvalue weighted by molar-refractivity contribution is 0.590. The fraction of sp³-hybridized carbons (Fsp3) is 0.143. The first-order valence-electron chi connectivity index (χ1n) is 10.7. The van der Waals surface area contributed by atoms with E-state index < -0.39 is 0 Å².